The highest BCUT2D eigenvalue weighted by Gasteiger charge is 2.30. The van der Waals surface area contributed by atoms with E-state index in [-0.39, 0.29) is 36.4 Å². The molecule has 1 aliphatic rings. The Balaban J connectivity index is 0.00000280. The van der Waals surface area contributed by atoms with Gasteiger partial charge in [-0.2, -0.15) is 5.10 Å². The van der Waals surface area contributed by atoms with Gasteiger partial charge in [0, 0.05) is 44.8 Å². The Kier molecular flexibility index (Phi) is 7.85. The molecule has 1 aromatic heterocycles. The number of nitrogens with zero attached hydrogens (tertiary/aromatic N) is 4. The van der Waals surface area contributed by atoms with Gasteiger partial charge in [-0.15, -0.1) is 24.0 Å². The SMILES string of the molecule is CN=C(NCc1cccc(NC(=O)Cn2cccn2)c1)N1CCC(C)(C)C1.I. The van der Waals surface area contributed by atoms with Gasteiger partial charge in [0.1, 0.15) is 6.54 Å². The standard InChI is InChI=1S/C20H28N6O.HI/c1-20(2)8-11-25(15-20)19(21-3)22-13-16-6-4-7-17(12-16)24-18(27)14-26-10-5-9-23-26;/h4-7,9-10,12H,8,11,13-15H2,1-3H3,(H,21,22)(H,24,27);1H. The maximum atomic E-state index is 12.1. The molecule has 0 atom stereocenters. The minimum absolute atomic E-state index is 0. The van der Waals surface area contributed by atoms with Crippen LogP contribution >= 0.6 is 24.0 Å². The second-order valence-corrected chi connectivity index (χ2v) is 7.69. The summed E-state index contributed by atoms with van der Waals surface area (Å²) in [5, 5.41) is 10.4. The van der Waals surface area contributed by atoms with Crippen LogP contribution in [0, 0.1) is 5.41 Å². The third-order valence-corrected chi connectivity index (χ3v) is 4.71. The number of guanidine groups is 1. The lowest BCUT2D eigenvalue weighted by molar-refractivity contribution is -0.116. The van der Waals surface area contributed by atoms with Crippen LogP contribution in [0.15, 0.2) is 47.7 Å². The Labute approximate surface area is 183 Å². The monoisotopic (exact) mass is 496 g/mol. The van der Waals surface area contributed by atoms with E-state index in [2.05, 4.69) is 39.5 Å². The van der Waals surface area contributed by atoms with Crippen molar-refractivity contribution in [3.05, 3.63) is 48.3 Å². The van der Waals surface area contributed by atoms with E-state index in [0.717, 1.165) is 30.3 Å². The number of carbonyl (C=O) groups excluding carboxylic acids is 1. The van der Waals surface area contributed by atoms with Gasteiger partial charge in [-0.3, -0.25) is 14.5 Å². The summed E-state index contributed by atoms with van der Waals surface area (Å²) in [4.78, 5) is 18.8. The Bertz CT molecular complexity index is 803. The summed E-state index contributed by atoms with van der Waals surface area (Å²) >= 11 is 0. The first-order valence-corrected chi connectivity index (χ1v) is 9.27. The van der Waals surface area contributed by atoms with Crippen LogP contribution in [0.25, 0.3) is 0 Å². The predicted octanol–water partition coefficient (Wildman–Crippen LogP) is 2.95. The fourth-order valence-corrected chi connectivity index (χ4v) is 3.31. The molecular weight excluding hydrogens is 467 g/mol. The summed E-state index contributed by atoms with van der Waals surface area (Å²) in [5.41, 5.74) is 2.20. The Morgan fingerprint density at radius 3 is 2.79 bits per heavy atom. The Morgan fingerprint density at radius 1 is 1.32 bits per heavy atom. The topological polar surface area (TPSA) is 74.5 Å². The van der Waals surface area contributed by atoms with Gasteiger partial charge in [0.2, 0.25) is 5.91 Å². The van der Waals surface area contributed by atoms with Crippen molar-refractivity contribution in [2.45, 2.75) is 33.4 Å². The van der Waals surface area contributed by atoms with Gasteiger partial charge in [-0.05, 0) is 35.6 Å². The highest BCUT2D eigenvalue weighted by Crippen LogP contribution is 2.28. The van der Waals surface area contributed by atoms with E-state index in [1.165, 1.54) is 6.42 Å². The molecule has 1 amide bonds. The Morgan fingerprint density at radius 2 is 2.14 bits per heavy atom. The molecule has 0 bridgehead atoms. The first-order valence-electron chi connectivity index (χ1n) is 9.27. The van der Waals surface area contributed by atoms with Crippen molar-refractivity contribution in [1.82, 2.24) is 20.0 Å². The molecule has 2 aromatic rings. The van der Waals surface area contributed by atoms with Crippen molar-refractivity contribution in [1.29, 1.82) is 0 Å². The molecule has 2 N–H and O–H groups in total. The number of aromatic nitrogens is 2. The van der Waals surface area contributed by atoms with E-state index in [1.807, 2.05) is 31.3 Å². The average Bonchev–Trinajstić information content (AvgIpc) is 3.25. The molecule has 0 unspecified atom stereocenters. The quantitative estimate of drug-likeness (QED) is 0.380. The minimum Gasteiger partial charge on any atom is -0.352 e. The van der Waals surface area contributed by atoms with Crippen LogP contribution in [0.4, 0.5) is 5.69 Å². The number of nitrogens with one attached hydrogen (secondary N) is 2. The largest absolute Gasteiger partial charge is 0.352 e. The molecule has 0 saturated carbocycles. The third kappa shape index (κ3) is 6.22. The van der Waals surface area contributed by atoms with Crippen molar-refractivity contribution < 1.29 is 4.79 Å². The summed E-state index contributed by atoms with van der Waals surface area (Å²) in [6.45, 7) is 7.47. The van der Waals surface area contributed by atoms with Gasteiger partial charge < -0.3 is 15.5 Å². The van der Waals surface area contributed by atoms with Crippen molar-refractivity contribution in [3.8, 4) is 0 Å². The van der Waals surface area contributed by atoms with Gasteiger partial charge in [-0.25, -0.2) is 0 Å². The van der Waals surface area contributed by atoms with Crippen molar-refractivity contribution in [2.24, 2.45) is 10.4 Å². The van der Waals surface area contributed by atoms with Crippen LogP contribution in [0.5, 0.6) is 0 Å². The number of anilines is 1. The summed E-state index contributed by atoms with van der Waals surface area (Å²) in [6, 6.07) is 9.66. The maximum Gasteiger partial charge on any atom is 0.246 e. The molecule has 152 valence electrons. The maximum absolute atomic E-state index is 12.1. The number of halogens is 1. The third-order valence-electron chi connectivity index (χ3n) is 4.71. The normalized spacial score (nSPS) is 15.8. The van der Waals surface area contributed by atoms with Gasteiger partial charge >= 0.3 is 0 Å². The second kappa shape index (κ2) is 9.90. The van der Waals surface area contributed by atoms with E-state index >= 15 is 0 Å². The van der Waals surface area contributed by atoms with Crippen molar-refractivity contribution in [3.63, 3.8) is 0 Å². The van der Waals surface area contributed by atoms with E-state index < -0.39 is 0 Å². The van der Waals surface area contributed by atoms with Gasteiger partial charge in [0.25, 0.3) is 0 Å². The molecular formula is C20H29IN6O. The molecule has 0 radical (unpaired) electrons. The number of hydrogen-bond acceptors (Lipinski definition) is 3. The molecule has 28 heavy (non-hydrogen) atoms. The lowest BCUT2D eigenvalue weighted by Crippen LogP contribution is -2.40. The molecule has 8 heteroatoms. The first-order chi connectivity index (χ1) is 12.9. The van der Waals surface area contributed by atoms with Gasteiger partial charge in [-0.1, -0.05) is 26.0 Å². The summed E-state index contributed by atoms with van der Waals surface area (Å²) in [5.74, 6) is 0.826. The van der Waals surface area contributed by atoms with Crippen LogP contribution in [-0.2, 0) is 17.9 Å². The van der Waals surface area contributed by atoms with Crippen molar-refractivity contribution >= 4 is 41.5 Å². The number of aliphatic imine (C=N–C) groups is 1. The molecule has 1 aromatic carbocycles. The second-order valence-electron chi connectivity index (χ2n) is 7.69. The van der Waals surface area contributed by atoms with Crippen LogP contribution in [-0.4, -0.2) is 46.7 Å². The van der Waals surface area contributed by atoms with E-state index in [0.29, 0.717) is 12.0 Å². The van der Waals surface area contributed by atoms with Gasteiger partial charge in [0.05, 0.1) is 0 Å². The summed E-state index contributed by atoms with van der Waals surface area (Å²) in [6.07, 6.45) is 4.60. The fraction of sp³-hybridized carbons (Fsp3) is 0.450. The molecule has 1 saturated heterocycles. The molecule has 0 spiro atoms. The Hall–Kier alpha value is -2.10. The smallest absolute Gasteiger partial charge is 0.246 e. The number of rotatable bonds is 5. The number of amides is 1. The van der Waals surface area contributed by atoms with Crippen LogP contribution in [0.3, 0.4) is 0 Å². The van der Waals surface area contributed by atoms with E-state index in [1.54, 1.807) is 23.1 Å². The molecule has 1 fully saturated rings. The van der Waals surface area contributed by atoms with Crippen LogP contribution < -0.4 is 10.6 Å². The minimum atomic E-state index is -0.0982. The number of hydrogen-bond donors (Lipinski definition) is 2. The average molecular weight is 496 g/mol. The number of benzene rings is 1. The highest BCUT2D eigenvalue weighted by atomic mass is 127. The molecule has 7 nitrogen and oxygen atoms in total. The zero-order valence-electron chi connectivity index (χ0n) is 16.7. The van der Waals surface area contributed by atoms with Crippen LogP contribution in [0.1, 0.15) is 25.8 Å². The molecule has 2 heterocycles. The number of carbonyl (C=O) groups is 1. The first kappa shape index (κ1) is 22.2. The highest BCUT2D eigenvalue weighted by molar-refractivity contribution is 14.0. The summed E-state index contributed by atoms with van der Waals surface area (Å²) < 4.78 is 1.60. The van der Waals surface area contributed by atoms with Crippen molar-refractivity contribution in [2.75, 3.05) is 25.5 Å². The molecule has 3 rings (SSSR count). The lowest BCUT2D eigenvalue weighted by atomic mass is 9.93. The lowest BCUT2D eigenvalue weighted by Gasteiger charge is -2.23. The zero-order chi connectivity index (χ0) is 19.3. The zero-order valence-corrected chi connectivity index (χ0v) is 19.0. The van der Waals surface area contributed by atoms with E-state index in [9.17, 15) is 4.79 Å². The molecule has 0 aliphatic carbocycles. The van der Waals surface area contributed by atoms with Crippen LogP contribution in [0.2, 0.25) is 0 Å². The van der Waals surface area contributed by atoms with E-state index in [4.69, 9.17) is 0 Å². The fourth-order valence-electron chi connectivity index (χ4n) is 3.31. The summed E-state index contributed by atoms with van der Waals surface area (Å²) in [7, 11) is 1.82. The molecule has 1 aliphatic heterocycles. The van der Waals surface area contributed by atoms with Gasteiger partial charge in [0.15, 0.2) is 5.96 Å². The number of likely N-dealkylation sites (tertiary alicyclic amines) is 1. The predicted molar refractivity (Wildman–Crippen MR) is 123 cm³/mol.